The fraction of sp³-hybridized carbons (Fsp3) is 0. The van der Waals surface area contributed by atoms with Crippen molar-refractivity contribution in [1.29, 1.82) is 0 Å². The van der Waals surface area contributed by atoms with Gasteiger partial charge in [0.2, 0.25) is 5.30 Å². The maximum Gasteiger partial charge on any atom is 0.299 e. The Morgan fingerprint density at radius 1 is 0.606 bits per heavy atom. The van der Waals surface area contributed by atoms with Crippen LogP contribution in [0.15, 0.2) is 126 Å². The van der Waals surface area contributed by atoms with E-state index in [1.165, 1.54) is 0 Å². The molecule has 0 radical (unpaired) electrons. The second-order valence-electron chi connectivity index (χ2n) is 7.63. The number of rotatable bonds is 5. The van der Waals surface area contributed by atoms with E-state index in [4.69, 9.17) is 0 Å². The molecule has 160 valence electrons. The van der Waals surface area contributed by atoms with E-state index in [-0.39, 0.29) is 11.4 Å². The molecule has 0 amide bonds. The summed E-state index contributed by atoms with van der Waals surface area (Å²) in [5.74, 6) is 0.0941. The van der Waals surface area contributed by atoms with Gasteiger partial charge in [-0.15, -0.1) is 0 Å². The molecule has 33 heavy (non-hydrogen) atoms. The van der Waals surface area contributed by atoms with Gasteiger partial charge in [0, 0.05) is 5.56 Å². The summed E-state index contributed by atoms with van der Waals surface area (Å²) < 4.78 is 0. The van der Waals surface area contributed by atoms with Crippen LogP contribution >= 0.6 is 7.26 Å². The second kappa shape index (κ2) is 8.85. The van der Waals surface area contributed by atoms with Gasteiger partial charge in [0.25, 0.3) is 11.4 Å². The van der Waals surface area contributed by atoms with Gasteiger partial charge >= 0.3 is 0 Å². The first-order valence-corrected chi connectivity index (χ1v) is 12.5. The summed E-state index contributed by atoms with van der Waals surface area (Å²) in [5, 5.41) is 14.6. The third-order valence-corrected chi connectivity index (χ3v) is 9.98. The zero-order valence-corrected chi connectivity index (χ0v) is 18.7. The van der Waals surface area contributed by atoms with E-state index in [1.807, 2.05) is 121 Å². The molecule has 0 atom stereocenters. The van der Waals surface area contributed by atoms with E-state index in [1.54, 1.807) is 0 Å². The highest BCUT2D eigenvalue weighted by atomic mass is 31.2. The van der Waals surface area contributed by atoms with Crippen molar-refractivity contribution in [1.82, 2.24) is 9.97 Å². The van der Waals surface area contributed by atoms with Crippen LogP contribution in [0.25, 0.3) is 11.4 Å². The zero-order valence-electron chi connectivity index (χ0n) is 17.8. The Labute approximate surface area is 192 Å². The molecule has 0 aliphatic carbocycles. The van der Waals surface area contributed by atoms with Crippen LogP contribution < -0.4 is 26.8 Å². The molecule has 5 heteroatoms. The van der Waals surface area contributed by atoms with Gasteiger partial charge in [0.1, 0.15) is 21.7 Å². The minimum Gasteiger partial charge on any atom is -0.490 e. The minimum absolute atomic E-state index is 0.248. The Morgan fingerprint density at radius 3 is 1.39 bits per heavy atom. The molecule has 0 aliphatic rings. The lowest BCUT2D eigenvalue weighted by molar-refractivity contribution is 0.457. The van der Waals surface area contributed by atoms with Crippen LogP contribution in [0.1, 0.15) is 0 Å². The molecule has 5 aromatic rings. The van der Waals surface area contributed by atoms with Gasteiger partial charge in [-0.2, -0.15) is 4.98 Å². The SMILES string of the molecule is O=c1[nH]c(-c2ccccc2)nc(O)c1[P+](c1ccccc1)(c1ccccc1)c1ccccc1. The van der Waals surface area contributed by atoms with Crippen LogP contribution in [0, 0.1) is 0 Å². The number of aromatic amines is 1. The summed E-state index contributed by atoms with van der Waals surface area (Å²) >= 11 is 0. The van der Waals surface area contributed by atoms with Crippen molar-refractivity contribution in [3.8, 4) is 17.3 Å². The summed E-state index contributed by atoms with van der Waals surface area (Å²) in [5.41, 5.74) is 0.394. The summed E-state index contributed by atoms with van der Waals surface area (Å²) in [6, 6.07) is 39.1. The predicted molar refractivity (Wildman–Crippen MR) is 137 cm³/mol. The highest BCUT2D eigenvalue weighted by Gasteiger charge is 2.52. The molecule has 1 aromatic heterocycles. The molecule has 0 unspecified atom stereocenters. The van der Waals surface area contributed by atoms with Crippen LogP contribution in [0.3, 0.4) is 0 Å². The van der Waals surface area contributed by atoms with Crippen LogP contribution in [0.4, 0.5) is 0 Å². The van der Waals surface area contributed by atoms with Crippen molar-refractivity contribution < 1.29 is 5.11 Å². The number of aromatic hydroxyl groups is 1. The number of aromatic nitrogens is 2. The third-order valence-electron chi connectivity index (χ3n) is 5.69. The molecule has 4 aromatic carbocycles. The Balaban J connectivity index is 1.89. The van der Waals surface area contributed by atoms with Gasteiger partial charge in [-0.3, -0.25) is 4.79 Å². The Kier molecular flexibility index (Phi) is 5.60. The van der Waals surface area contributed by atoms with Crippen LogP contribution in [0.2, 0.25) is 0 Å². The molecule has 0 saturated carbocycles. The zero-order chi connectivity index (χ0) is 22.7. The molecule has 0 spiro atoms. The fourth-order valence-corrected chi connectivity index (χ4v) is 8.52. The molecular weight excluding hydrogens is 427 g/mol. The van der Waals surface area contributed by atoms with Gasteiger partial charge in [-0.1, -0.05) is 84.9 Å². The average Bonchev–Trinajstić information content (AvgIpc) is 2.88. The molecular formula is C28H22N2O2P+. The Bertz CT molecular complexity index is 1320. The van der Waals surface area contributed by atoms with Gasteiger partial charge in [0.15, 0.2) is 7.26 Å². The first-order valence-electron chi connectivity index (χ1n) is 10.7. The monoisotopic (exact) mass is 449 g/mol. The summed E-state index contributed by atoms with van der Waals surface area (Å²) in [6.07, 6.45) is 0. The van der Waals surface area contributed by atoms with Gasteiger partial charge in [-0.05, 0) is 36.4 Å². The quantitative estimate of drug-likeness (QED) is 0.402. The summed E-state index contributed by atoms with van der Waals surface area (Å²) in [4.78, 5) is 21.2. The molecule has 0 fully saturated rings. The molecule has 5 rings (SSSR count). The normalized spacial score (nSPS) is 11.3. The van der Waals surface area contributed by atoms with E-state index in [0.29, 0.717) is 11.1 Å². The minimum atomic E-state index is -2.75. The second-order valence-corrected chi connectivity index (χ2v) is 11.0. The predicted octanol–water partition coefficient (Wildman–Crippen LogP) is 3.76. The lowest BCUT2D eigenvalue weighted by Crippen LogP contribution is -2.45. The first kappa shape index (κ1) is 20.9. The van der Waals surface area contributed by atoms with Gasteiger partial charge in [-0.25, -0.2) is 0 Å². The van der Waals surface area contributed by atoms with Crippen LogP contribution in [0.5, 0.6) is 5.88 Å². The lowest BCUT2D eigenvalue weighted by Gasteiger charge is -2.26. The maximum atomic E-state index is 13.8. The number of nitrogens with one attached hydrogen (secondary N) is 1. The Hall–Kier alpha value is -4.01. The van der Waals surface area contributed by atoms with Crippen LogP contribution in [-0.2, 0) is 0 Å². The average molecular weight is 449 g/mol. The van der Waals surface area contributed by atoms with E-state index in [9.17, 15) is 9.90 Å². The van der Waals surface area contributed by atoms with Crippen LogP contribution in [-0.4, -0.2) is 15.1 Å². The molecule has 4 nitrogen and oxygen atoms in total. The first-order chi connectivity index (χ1) is 16.2. The number of H-pyrrole nitrogens is 1. The number of hydrogen-bond acceptors (Lipinski definition) is 3. The van der Waals surface area contributed by atoms with Crippen molar-refractivity contribution >= 4 is 28.5 Å². The standard InChI is InChI=1S/C28H21N2O2P/c31-27-25(28(32)30-26(29-27)21-13-5-1-6-14-21)33(22-15-7-2-8-16-22,23-17-9-3-10-18-23)24-19-11-4-12-20-24/h1-20H,(H-,29,30,31,32)/p+1. The van der Waals surface area contributed by atoms with Gasteiger partial charge < -0.3 is 10.1 Å². The lowest BCUT2D eigenvalue weighted by atomic mass is 10.2. The number of hydrogen-bond donors (Lipinski definition) is 2. The molecule has 0 bridgehead atoms. The highest BCUT2D eigenvalue weighted by molar-refractivity contribution is 8.01. The molecule has 2 N–H and O–H groups in total. The van der Waals surface area contributed by atoms with E-state index in [0.717, 1.165) is 21.5 Å². The van der Waals surface area contributed by atoms with Crippen molar-refractivity contribution in [3.05, 3.63) is 132 Å². The molecule has 1 heterocycles. The molecule has 0 saturated heterocycles. The van der Waals surface area contributed by atoms with Crippen molar-refractivity contribution in [3.63, 3.8) is 0 Å². The van der Waals surface area contributed by atoms with E-state index in [2.05, 4.69) is 9.97 Å². The van der Waals surface area contributed by atoms with E-state index >= 15 is 0 Å². The fourth-order valence-electron chi connectivity index (χ4n) is 4.28. The van der Waals surface area contributed by atoms with Crippen molar-refractivity contribution in [2.24, 2.45) is 0 Å². The largest absolute Gasteiger partial charge is 0.490 e. The smallest absolute Gasteiger partial charge is 0.299 e. The number of nitrogens with zero attached hydrogens (tertiary/aromatic N) is 1. The topological polar surface area (TPSA) is 66.0 Å². The van der Waals surface area contributed by atoms with E-state index < -0.39 is 7.26 Å². The van der Waals surface area contributed by atoms with Crippen molar-refractivity contribution in [2.45, 2.75) is 0 Å². The summed E-state index contributed by atoms with van der Waals surface area (Å²) in [7, 11) is -2.75. The Morgan fingerprint density at radius 2 is 1.00 bits per heavy atom. The maximum absolute atomic E-state index is 13.8. The summed E-state index contributed by atoms with van der Waals surface area (Å²) in [6.45, 7) is 0. The van der Waals surface area contributed by atoms with Gasteiger partial charge in [0.05, 0.1) is 0 Å². The third kappa shape index (κ3) is 3.65. The number of benzene rings is 4. The highest BCUT2D eigenvalue weighted by Crippen LogP contribution is 2.54. The van der Waals surface area contributed by atoms with Crippen molar-refractivity contribution in [2.75, 3.05) is 0 Å². The molecule has 0 aliphatic heterocycles.